The minimum absolute atomic E-state index is 0.229. The lowest BCUT2D eigenvalue weighted by atomic mass is 9.80. The van der Waals surface area contributed by atoms with Crippen LogP contribution >= 0.6 is 0 Å². The highest BCUT2D eigenvalue weighted by atomic mass is 19.1. The molecule has 1 saturated carbocycles. The highest BCUT2D eigenvalue weighted by molar-refractivity contribution is 6.08. The van der Waals surface area contributed by atoms with E-state index >= 15 is 0 Å². The molecule has 0 radical (unpaired) electrons. The van der Waals surface area contributed by atoms with Crippen molar-refractivity contribution in [3.63, 3.8) is 0 Å². The predicted molar refractivity (Wildman–Crippen MR) is 123 cm³/mol. The standard InChI is InChI=1S/C26H28FN3O/c1-31-21-10-3-17(4-11-21)2-5-19-16-30-25(18-6-8-20(27)9-7-18)24(19)22-12-14-28-26-23(22)13-15-29-26/h6-9,12-17,19,21H,2-5,10-11H2,1H3,(H,28,29). The number of fused-ring (bicyclic) bond motifs is 1. The number of rotatable bonds is 6. The zero-order valence-electron chi connectivity index (χ0n) is 17.9. The number of H-pyrrole nitrogens is 1. The van der Waals surface area contributed by atoms with Crippen LogP contribution in [0, 0.1) is 17.7 Å². The number of halogens is 1. The summed E-state index contributed by atoms with van der Waals surface area (Å²) in [6.45, 7) is 0. The molecule has 0 spiro atoms. The molecule has 5 rings (SSSR count). The van der Waals surface area contributed by atoms with Crippen LogP contribution in [0.3, 0.4) is 0 Å². The quantitative estimate of drug-likeness (QED) is 0.515. The fourth-order valence-corrected chi connectivity index (χ4v) is 5.14. The van der Waals surface area contributed by atoms with Gasteiger partial charge in [0, 0.05) is 42.6 Å². The van der Waals surface area contributed by atoms with Crippen LogP contribution in [-0.2, 0) is 4.74 Å². The third-order valence-corrected chi connectivity index (χ3v) is 6.89. The van der Waals surface area contributed by atoms with Crippen molar-refractivity contribution in [2.45, 2.75) is 44.6 Å². The van der Waals surface area contributed by atoms with Crippen LogP contribution in [0.5, 0.6) is 0 Å². The molecule has 160 valence electrons. The number of aromatic nitrogens is 2. The molecular formula is C26H28FN3O. The summed E-state index contributed by atoms with van der Waals surface area (Å²) < 4.78 is 19.1. The molecule has 1 aliphatic heterocycles. The molecule has 0 saturated heterocycles. The Bertz CT molecular complexity index is 1110. The Morgan fingerprint density at radius 3 is 2.61 bits per heavy atom. The van der Waals surface area contributed by atoms with Gasteiger partial charge in [-0.2, -0.15) is 0 Å². The Morgan fingerprint density at radius 1 is 1.03 bits per heavy atom. The van der Waals surface area contributed by atoms with Gasteiger partial charge >= 0.3 is 0 Å². The molecule has 1 unspecified atom stereocenters. The van der Waals surface area contributed by atoms with Crippen molar-refractivity contribution < 1.29 is 9.13 Å². The number of benzene rings is 1. The summed E-state index contributed by atoms with van der Waals surface area (Å²) >= 11 is 0. The van der Waals surface area contributed by atoms with Gasteiger partial charge in [0.25, 0.3) is 0 Å². The molecule has 0 amide bonds. The SMILES string of the molecule is COC1CCC(CCC2C=NC(c3ccc(F)cc3)=C2c2ccnc3[nH]ccc23)CC1. The van der Waals surface area contributed by atoms with Crippen LogP contribution < -0.4 is 0 Å². The van der Waals surface area contributed by atoms with Gasteiger partial charge in [0.15, 0.2) is 0 Å². The molecule has 3 heterocycles. The third-order valence-electron chi connectivity index (χ3n) is 6.89. The van der Waals surface area contributed by atoms with Gasteiger partial charge in [-0.05, 0) is 92.0 Å². The van der Waals surface area contributed by atoms with E-state index in [1.165, 1.54) is 37.0 Å². The lowest BCUT2D eigenvalue weighted by molar-refractivity contribution is 0.0551. The number of aliphatic imine (C=N–C) groups is 1. The molecule has 2 aliphatic rings. The zero-order chi connectivity index (χ0) is 21.2. The molecule has 1 aromatic carbocycles. The summed E-state index contributed by atoms with van der Waals surface area (Å²) in [5, 5.41) is 1.10. The number of nitrogens with zero attached hydrogens (tertiary/aromatic N) is 2. The molecular weight excluding hydrogens is 389 g/mol. The first kappa shape index (κ1) is 20.1. The van der Waals surface area contributed by atoms with Gasteiger partial charge in [0.1, 0.15) is 11.5 Å². The Hall–Kier alpha value is -2.79. The predicted octanol–water partition coefficient (Wildman–Crippen LogP) is 6.26. The van der Waals surface area contributed by atoms with Crippen LogP contribution in [0.15, 0.2) is 53.8 Å². The maximum Gasteiger partial charge on any atom is 0.137 e. The van der Waals surface area contributed by atoms with Crippen LogP contribution in [0.1, 0.15) is 49.7 Å². The smallest absolute Gasteiger partial charge is 0.137 e. The van der Waals surface area contributed by atoms with E-state index in [-0.39, 0.29) is 11.7 Å². The highest BCUT2D eigenvalue weighted by Crippen LogP contribution is 2.42. The van der Waals surface area contributed by atoms with Crippen molar-refractivity contribution in [1.29, 1.82) is 0 Å². The van der Waals surface area contributed by atoms with Crippen molar-refractivity contribution in [3.05, 3.63) is 65.7 Å². The summed E-state index contributed by atoms with van der Waals surface area (Å²) in [7, 11) is 1.82. The average molecular weight is 418 g/mol. The topological polar surface area (TPSA) is 50.3 Å². The van der Waals surface area contributed by atoms with E-state index in [0.717, 1.165) is 53.0 Å². The van der Waals surface area contributed by atoms with E-state index in [9.17, 15) is 4.39 Å². The summed E-state index contributed by atoms with van der Waals surface area (Å²) in [5.74, 6) is 0.773. The molecule has 0 bridgehead atoms. The summed E-state index contributed by atoms with van der Waals surface area (Å²) in [5.41, 5.74) is 5.17. The Morgan fingerprint density at radius 2 is 1.84 bits per heavy atom. The van der Waals surface area contributed by atoms with E-state index in [1.54, 1.807) is 0 Å². The number of aromatic amines is 1. The minimum atomic E-state index is -0.229. The first-order chi connectivity index (χ1) is 15.2. The van der Waals surface area contributed by atoms with Crippen LogP contribution in [0.2, 0.25) is 0 Å². The second kappa shape index (κ2) is 8.75. The number of nitrogens with one attached hydrogen (secondary N) is 1. The average Bonchev–Trinajstić information content (AvgIpc) is 3.45. The van der Waals surface area contributed by atoms with Gasteiger partial charge in [-0.3, -0.25) is 4.99 Å². The minimum Gasteiger partial charge on any atom is -0.381 e. The number of pyridine rings is 1. The molecule has 1 aliphatic carbocycles. The lowest BCUT2D eigenvalue weighted by Crippen LogP contribution is -2.21. The van der Waals surface area contributed by atoms with Gasteiger partial charge in [-0.15, -0.1) is 0 Å². The Balaban J connectivity index is 1.46. The van der Waals surface area contributed by atoms with E-state index < -0.39 is 0 Å². The monoisotopic (exact) mass is 417 g/mol. The largest absolute Gasteiger partial charge is 0.381 e. The molecule has 31 heavy (non-hydrogen) atoms. The van der Waals surface area contributed by atoms with Crippen molar-refractivity contribution in [2.24, 2.45) is 16.8 Å². The molecule has 4 nitrogen and oxygen atoms in total. The van der Waals surface area contributed by atoms with Gasteiger partial charge in [-0.1, -0.05) is 0 Å². The van der Waals surface area contributed by atoms with Crippen LogP contribution in [0.25, 0.3) is 22.3 Å². The first-order valence-corrected chi connectivity index (χ1v) is 11.2. The van der Waals surface area contributed by atoms with Crippen molar-refractivity contribution in [3.8, 4) is 0 Å². The van der Waals surface area contributed by atoms with Crippen molar-refractivity contribution in [2.75, 3.05) is 7.11 Å². The van der Waals surface area contributed by atoms with Crippen LogP contribution in [0.4, 0.5) is 4.39 Å². The van der Waals surface area contributed by atoms with Gasteiger partial charge in [0.2, 0.25) is 0 Å². The molecule has 3 aromatic rings. The van der Waals surface area contributed by atoms with Gasteiger partial charge in [0.05, 0.1) is 11.8 Å². The maximum atomic E-state index is 13.5. The van der Waals surface area contributed by atoms with Crippen LogP contribution in [-0.4, -0.2) is 29.4 Å². The Labute approximate surface area is 182 Å². The van der Waals surface area contributed by atoms with E-state index in [1.807, 2.05) is 31.6 Å². The lowest BCUT2D eigenvalue weighted by Gasteiger charge is -2.28. The number of hydrogen-bond acceptors (Lipinski definition) is 3. The van der Waals surface area contributed by atoms with Crippen molar-refractivity contribution >= 4 is 28.5 Å². The van der Waals surface area contributed by atoms with E-state index in [0.29, 0.717) is 6.10 Å². The molecule has 1 atom stereocenters. The third kappa shape index (κ3) is 4.07. The second-order valence-electron chi connectivity index (χ2n) is 8.71. The fraction of sp³-hybridized carbons (Fsp3) is 0.385. The summed E-state index contributed by atoms with van der Waals surface area (Å²) in [6, 6.07) is 10.8. The summed E-state index contributed by atoms with van der Waals surface area (Å²) in [4.78, 5) is 12.5. The molecule has 1 fully saturated rings. The number of ether oxygens (including phenoxy) is 1. The zero-order valence-corrected chi connectivity index (χ0v) is 17.9. The fourth-order valence-electron chi connectivity index (χ4n) is 5.14. The molecule has 5 heteroatoms. The normalized spacial score (nSPS) is 23.7. The number of methoxy groups -OCH3 is 1. The van der Waals surface area contributed by atoms with Gasteiger partial charge in [-0.25, -0.2) is 9.37 Å². The first-order valence-electron chi connectivity index (χ1n) is 11.2. The molecule has 2 aromatic heterocycles. The maximum absolute atomic E-state index is 13.5. The number of hydrogen-bond donors (Lipinski definition) is 1. The second-order valence-corrected chi connectivity index (χ2v) is 8.71. The highest BCUT2D eigenvalue weighted by Gasteiger charge is 2.28. The summed E-state index contributed by atoms with van der Waals surface area (Å²) in [6.07, 6.45) is 13.4. The Kier molecular flexibility index (Phi) is 5.68. The number of allylic oxidation sites excluding steroid dienone is 1. The van der Waals surface area contributed by atoms with E-state index in [2.05, 4.69) is 28.3 Å². The van der Waals surface area contributed by atoms with Crippen molar-refractivity contribution in [1.82, 2.24) is 9.97 Å². The van der Waals surface area contributed by atoms with Gasteiger partial charge < -0.3 is 9.72 Å². The van der Waals surface area contributed by atoms with E-state index in [4.69, 9.17) is 9.73 Å². The molecule has 1 N–H and O–H groups in total.